The van der Waals surface area contributed by atoms with Crippen LogP contribution in [0.25, 0.3) is 0 Å². The SMILES string of the molecule is CC(=O)C(Br)c1ccc(CCl)cc1C. The van der Waals surface area contributed by atoms with Crippen molar-refractivity contribution in [2.24, 2.45) is 0 Å². The molecule has 1 nitrogen and oxygen atoms in total. The number of rotatable bonds is 3. The summed E-state index contributed by atoms with van der Waals surface area (Å²) in [6.45, 7) is 3.57. The van der Waals surface area contributed by atoms with E-state index in [1.165, 1.54) is 0 Å². The number of alkyl halides is 2. The topological polar surface area (TPSA) is 17.1 Å². The third kappa shape index (κ3) is 2.58. The lowest BCUT2D eigenvalue weighted by molar-refractivity contribution is -0.116. The fourth-order valence-corrected chi connectivity index (χ4v) is 2.00. The van der Waals surface area contributed by atoms with E-state index in [1.807, 2.05) is 25.1 Å². The van der Waals surface area contributed by atoms with Crippen molar-refractivity contribution in [2.45, 2.75) is 24.6 Å². The summed E-state index contributed by atoms with van der Waals surface area (Å²) in [5.74, 6) is 0.625. The molecule has 0 fully saturated rings. The van der Waals surface area contributed by atoms with Crippen molar-refractivity contribution in [2.75, 3.05) is 0 Å². The Morgan fingerprint density at radius 3 is 2.64 bits per heavy atom. The Hall–Kier alpha value is -0.340. The number of hydrogen-bond acceptors (Lipinski definition) is 1. The molecule has 0 aliphatic rings. The molecule has 76 valence electrons. The molecule has 0 radical (unpaired) electrons. The third-order valence-electron chi connectivity index (χ3n) is 2.12. The van der Waals surface area contributed by atoms with E-state index in [1.54, 1.807) is 6.92 Å². The second-order valence-corrected chi connectivity index (χ2v) is 4.48. The van der Waals surface area contributed by atoms with Gasteiger partial charge in [0.15, 0.2) is 0 Å². The minimum Gasteiger partial charge on any atom is -0.298 e. The number of ketones is 1. The Morgan fingerprint density at radius 1 is 1.57 bits per heavy atom. The van der Waals surface area contributed by atoms with Crippen LogP contribution in [0.1, 0.15) is 28.4 Å². The summed E-state index contributed by atoms with van der Waals surface area (Å²) in [5, 5.41) is 0. The average Bonchev–Trinajstić information content (AvgIpc) is 2.16. The summed E-state index contributed by atoms with van der Waals surface area (Å²) in [7, 11) is 0. The van der Waals surface area contributed by atoms with Crippen LogP contribution < -0.4 is 0 Å². The van der Waals surface area contributed by atoms with Crippen LogP contribution in [0.4, 0.5) is 0 Å². The van der Waals surface area contributed by atoms with Gasteiger partial charge in [-0.3, -0.25) is 4.79 Å². The molecule has 3 heteroatoms. The molecule has 0 aromatic heterocycles. The highest BCUT2D eigenvalue weighted by Crippen LogP contribution is 2.27. The molecular formula is C11H12BrClO. The Morgan fingerprint density at radius 2 is 2.21 bits per heavy atom. The summed E-state index contributed by atoms with van der Waals surface area (Å²) in [6.07, 6.45) is 0. The van der Waals surface area contributed by atoms with Crippen LogP contribution >= 0.6 is 27.5 Å². The van der Waals surface area contributed by atoms with E-state index < -0.39 is 0 Å². The summed E-state index contributed by atoms with van der Waals surface area (Å²) >= 11 is 9.08. The van der Waals surface area contributed by atoms with Gasteiger partial charge in [0.1, 0.15) is 5.78 Å². The largest absolute Gasteiger partial charge is 0.298 e. The van der Waals surface area contributed by atoms with Gasteiger partial charge in [-0.05, 0) is 30.5 Å². The average molecular weight is 276 g/mol. The zero-order valence-electron chi connectivity index (χ0n) is 8.18. The van der Waals surface area contributed by atoms with Gasteiger partial charge < -0.3 is 0 Å². The molecule has 0 aliphatic heterocycles. The zero-order valence-corrected chi connectivity index (χ0v) is 10.5. The van der Waals surface area contributed by atoms with Crippen molar-refractivity contribution in [3.63, 3.8) is 0 Å². The third-order valence-corrected chi connectivity index (χ3v) is 3.57. The first kappa shape index (κ1) is 11.7. The summed E-state index contributed by atoms with van der Waals surface area (Å²) < 4.78 is 0. The molecule has 0 bridgehead atoms. The molecule has 1 aromatic rings. The second-order valence-electron chi connectivity index (χ2n) is 3.30. The quantitative estimate of drug-likeness (QED) is 0.768. The van der Waals surface area contributed by atoms with Crippen LogP contribution in [0, 0.1) is 6.92 Å². The minimum absolute atomic E-state index is 0.117. The Labute approximate surface area is 97.6 Å². The van der Waals surface area contributed by atoms with E-state index in [0.717, 1.165) is 16.7 Å². The summed E-state index contributed by atoms with van der Waals surface area (Å²) in [5.41, 5.74) is 3.20. The van der Waals surface area contributed by atoms with E-state index >= 15 is 0 Å². The number of Topliss-reactive ketones (excluding diaryl/α,β-unsaturated/α-hetero) is 1. The van der Waals surface area contributed by atoms with Gasteiger partial charge in [-0.15, -0.1) is 11.6 Å². The molecule has 0 saturated carbocycles. The lowest BCUT2D eigenvalue weighted by Crippen LogP contribution is -2.03. The van der Waals surface area contributed by atoms with E-state index in [-0.39, 0.29) is 10.6 Å². The van der Waals surface area contributed by atoms with Crippen molar-refractivity contribution in [3.05, 3.63) is 34.9 Å². The first-order valence-electron chi connectivity index (χ1n) is 4.36. The molecule has 0 heterocycles. The van der Waals surface area contributed by atoms with Gasteiger partial charge in [0.25, 0.3) is 0 Å². The van der Waals surface area contributed by atoms with E-state index in [9.17, 15) is 4.79 Å². The normalized spacial score (nSPS) is 12.6. The monoisotopic (exact) mass is 274 g/mol. The molecule has 0 spiro atoms. The fourth-order valence-electron chi connectivity index (χ4n) is 1.32. The molecule has 1 aromatic carbocycles. The standard InChI is InChI=1S/C11H12BrClO/c1-7-5-9(6-13)3-4-10(7)11(12)8(2)14/h3-5,11H,6H2,1-2H3. The molecule has 0 saturated heterocycles. The maximum Gasteiger partial charge on any atom is 0.147 e. The highest BCUT2D eigenvalue weighted by Gasteiger charge is 2.14. The van der Waals surface area contributed by atoms with Crippen molar-refractivity contribution in [1.82, 2.24) is 0 Å². The first-order valence-corrected chi connectivity index (χ1v) is 5.81. The first-order chi connectivity index (χ1) is 6.56. The van der Waals surface area contributed by atoms with Gasteiger partial charge in [-0.2, -0.15) is 0 Å². The van der Waals surface area contributed by atoms with E-state index in [2.05, 4.69) is 15.9 Å². The van der Waals surface area contributed by atoms with Crippen molar-refractivity contribution in [1.29, 1.82) is 0 Å². The molecule has 0 aliphatic carbocycles. The van der Waals surface area contributed by atoms with E-state index in [0.29, 0.717) is 5.88 Å². The predicted molar refractivity (Wildman–Crippen MR) is 63.1 cm³/mol. The van der Waals surface area contributed by atoms with Crippen LogP contribution in [0.5, 0.6) is 0 Å². The lowest BCUT2D eigenvalue weighted by atomic mass is 10.0. The van der Waals surface area contributed by atoms with Gasteiger partial charge in [-0.25, -0.2) is 0 Å². The van der Waals surface area contributed by atoms with Crippen LogP contribution in [0.2, 0.25) is 0 Å². The molecule has 1 rings (SSSR count). The van der Waals surface area contributed by atoms with Crippen LogP contribution in [0.15, 0.2) is 18.2 Å². The molecule has 1 unspecified atom stereocenters. The zero-order chi connectivity index (χ0) is 10.7. The number of carbonyl (C=O) groups excluding carboxylic acids is 1. The molecule has 0 amide bonds. The molecule has 0 N–H and O–H groups in total. The number of aryl methyl sites for hydroxylation is 1. The highest BCUT2D eigenvalue weighted by molar-refractivity contribution is 9.09. The fraction of sp³-hybridized carbons (Fsp3) is 0.364. The number of hydrogen-bond donors (Lipinski definition) is 0. The predicted octanol–water partition coefficient (Wildman–Crippen LogP) is 3.76. The number of halogens is 2. The lowest BCUT2D eigenvalue weighted by Gasteiger charge is -2.10. The smallest absolute Gasteiger partial charge is 0.147 e. The second kappa shape index (κ2) is 4.94. The van der Waals surface area contributed by atoms with Gasteiger partial charge in [-0.1, -0.05) is 34.1 Å². The Balaban J connectivity index is 3.05. The van der Waals surface area contributed by atoms with Crippen molar-refractivity contribution < 1.29 is 4.79 Å². The van der Waals surface area contributed by atoms with Crippen LogP contribution in [0.3, 0.4) is 0 Å². The van der Waals surface area contributed by atoms with Gasteiger partial charge >= 0.3 is 0 Å². The van der Waals surface area contributed by atoms with Crippen molar-refractivity contribution >= 4 is 33.3 Å². The van der Waals surface area contributed by atoms with Gasteiger partial charge in [0.2, 0.25) is 0 Å². The molecule has 1 atom stereocenters. The summed E-state index contributed by atoms with van der Waals surface area (Å²) in [6, 6.07) is 5.92. The Bertz CT molecular complexity index is 349. The van der Waals surface area contributed by atoms with Gasteiger partial charge in [0, 0.05) is 5.88 Å². The van der Waals surface area contributed by atoms with Crippen LogP contribution in [-0.2, 0) is 10.7 Å². The molecular weight excluding hydrogens is 263 g/mol. The number of carbonyl (C=O) groups is 1. The minimum atomic E-state index is -0.202. The van der Waals surface area contributed by atoms with Crippen LogP contribution in [-0.4, -0.2) is 5.78 Å². The Kier molecular flexibility index (Phi) is 4.14. The highest BCUT2D eigenvalue weighted by atomic mass is 79.9. The summed E-state index contributed by atoms with van der Waals surface area (Å²) in [4.78, 5) is 11.0. The van der Waals surface area contributed by atoms with Crippen molar-refractivity contribution in [3.8, 4) is 0 Å². The number of benzene rings is 1. The maximum absolute atomic E-state index is 11.2. The molecule has 14 heavy (non-hydrogen) atoms. The van der Waals surface area contributed by atoms with Gasteiger partial charge in [0.05, 0.1) is 4.83 Å². The van der Waals surface area contributed by atoms with E-state index in [4.69, 9.17) is 11.6 Å². The maximum atomic E-state index is 11.2.